The fourth-order valence-corrected chi connectivity index (χ4v) is 2.16. The first-order chi connectivity index (χ1) is 8.58. The Bertz CT molecular complexity index is 522. The number of Topliss-reactive ketones (excluding diaryl/α,β-unsaturated/α-hetero) is 1. The molecule has 0 aromatic heterocycles. The summed E-state index contributed by atoms with van der Waals surface area (Å²) >= 11 is 5.10. The number of benzene rings is 1. The lowest BCUT2D eigenvalue weighted by Gasteiger charge is -2.16. The van der Waals surface area contributed by atoms with E-state index in [2.05, 4.69) is 5.32 Å². The number of nitrogens with one attached hydrogen (secondary N) is 1. The van der Waals surface area contributed by atoms with Crippen LogP contribution in [0.15, 0.2) is 35.6 Å². The van der Waals surface area contributed by atoms with Gasteiger partial charge in [-0.2, -0.15) is 0 Å². The van der Waals surface area contributed by atoms with Crippen molar-refractivity contribution < 1.29 is 14.3 Å². The number of allylic oxidation sites excluding steroid dienone is 1. The van der Waals surface area contributed by atoms with Crippen molar-refractivity contribution in [2.75, 3.05) is 5.32 Å². The zero-order chi connectivity index (χ0) is 13.1. The highest BCUT2D eigenvalue weighted by Crippen LogP contribution is 2.22. The molecule has 2 N–H and O–H groups in total. The lowest BCUT2D eigenvalue weighted by molar-refractivity contribution is -0.115. The number of halogens is 1. The number of aliphatic hydroxyl groups excluding tert-OH is 1. The molecular weight excluding hydrogens is 253 g/mol. The standard InChI is InChI=1S/C13H12FNO2S/c14-8-4-6-9(7-5-8)15-13(18)12-10(16)2-1-3-11(12)17/h4-7,16H,1-3H2,(H,15,18). The van der Waals surface area contributed by atoms with Gasteiger partial charge in [-0.15, -0.1) is 0 Å². The Morgan fingerprint density at radius 1 is 1.28 bits per heavy atom. The van der Waals surface area contributed by atoms with E-state index in [4.69, 9.17) is 12.2 Å². The van der Waals surface area contributed by atoms with Crippen molar-refractivity contribution in [3.05, 3.63) is 41.4 Å². The maximum absolute atomic E-state index is 12.7. The second-order valence-electron chi connectivity index (χ2n) is 4.06. The average Bonchev–Trinajstić information content (AvgIpc) is 2.32. The molecule has 1 aliphatic carbocycles. The van der Waals surface area contributed by atoms with Crippen molar-refractivity contribution in [2.45, 2.75) is 19.3 Å². The van der Waals surface area contributed by atoms with Crippen LogP contribution in [0.4, 0.5) is 10.1 Å². The van der Waals surface area contributed by atoms with Crippen LogP contribution < -0.4 is 5.32 Å². The van der Waals surface area contributed by atoms with Crippen LogP contribution >= 0.6 is 12.2 Å². The summed E-state index contributed by atoms with van der Waals surface area (Å²) in [6, 6.07) is 5.63. The fraction of sp³-hybridized carbons (Fsp3) is 0.231. The molecule has 0 fully saturated rings. The lowest BCUT2D eigenvalue weighted by atomic mass is 9.96. The maximum Gasteiger partial charge on any atom is 0.169 e. The van der Waals surface area contributed by atoms with E-state index in [-0.39, 0.29) is 27.9 Å². The fourth-order valence-electron chi connectivity index (χ4n) is 1.81. The van der Waals surface area contributed by atoms with Gasteiger partial charge < -0.3 is 10.4 Å². The first-order valence-corrected chi connectivity index (χ1v) is 6.01. The zero-order valence-corrected chi connectivity index (χ0v) is 10.4. The molecule has 1 aromatic carbocycles. The molecule has 94 valence electrons. The monoisotopic (exact) mass is 265 g/mol. The molecule has 1 aromatic rings. The number of carbonyl (C=O) groups is 1. The van der Waals surface area contributed by atoms with E-state index in [1.54, 1.807) is 0 Å². The summed E-state index contributed by atoms with van der Waals surface area (Å²) in [7, 11) is 0. The third-order valence-corrected chi connectivity index (χ3v) is 3.02. The van der Waals surface area contributed by atoms with Crippen LogP contribution in [0.5, 0.6) is 0 Å². The molecule has 0 bridgehead atoms. The highest BCUT2D eigenvalue weighted by atomic mass is 32.1. The molecule has 0 saturated carbocycles. The Morgan fingerprint density at radius 3 is 2.56 bits per heavy atom. The number of hydrogen-bond donors (Lipinski definition) is 2. The maximum atomic E-state index is 12.7. The second-order valence-corrected chi connectivity index (χ2v) is 4.47. The third-order valence-electron chi connectivity index (χ3n) is 2.71. The highest BCUT2D eigenvalue weighted by molar-refractivity contribution is 7.81. The molecule has 0 radical (unpaired) electrons. The Labute approximate surface area is 109 Å². The van der Waals surface area contributed by atoms with Gasteiger partial charge >= 0.3 is 0 Å². The second kappa shape index (κ2) is 5.27. The normalized spacial score (nSPS) is 15.7. The highest BCUT2D eigenvalue weighted by Gasteiger charge is 2.23. The summed E-state index contributed by atoms with van der Waals surface area (Å²) in [5.41, 5.74) is 0.764. The minimum absolute atomic E-state index is 0.0332. The van der Waals surface area contributed by atoms with Crippen LogP contribution in [-0.2, 0) is 4.79 Å². The number of thiocarbonyl (C=S) groups is 1. The van der Waals surface area contributed by atoms with Crippen molar-refractivity contribution in [1.29, 1.82) is 0 Å². The third kappa shape index (κ3) is 2.73. The summed E-state index contributed by atoms with van der Waals surface area (Å²) in [5.74, 6) is -0.466. The Morgan fingerprint density at radius 2 is 1.94 bits per heavy atom. The van der Waals surface area contributed by atoms with E-state index in [9.17, 15) is 14.3 Å². The van der Waals surface area contributed by atoms with Crippen molar-refractivity contribution in [3.63, 3.8) is 0 Å². The van der Waals surface area contributed by atoms with Crippen molar-refractivity contribution in [2.24, 2.45) is 0 Å². The quantitative estimate of drug-likeness (QED) is 0.807. The van der Waals surface area contributed by atoms with Crippen molar-refractivity contribution in [3.8, 4) is 0 Å². The van der Waals surface area contributed by atoms with E-state index in [0.717, 1.165) is 0 Å². The van der Waals surface area contributed by atoms with Crippen LogP contribution in [0.1, 0.15) is 19.3 Å². The molecule has 0 unspecified atom stereocenters. The van der Waals surface area contributed by atoms with Gasteiger partial charge in [0.15, 0.2) is 5.78 Å². The molecule has 5 heteroatoms. The van der Waals surface area contributed by atoms with Gasteiger partial charge in [-0.3, -0.25) is 4.79 Å². The summed E-state index contributed by atoms with van der Waals surface area (Å²) in [6.45, 7) is 0. The molecule has 0 saturated heterocycles. The predicted molar refractivity (Wildman–Crippen MR) is 71.1 cm³/mol. The van der Waals surface area contributed by atoms with Gasteiger partial charge in [0.25, 0.3) is 0 Å². The zero-order valence-electron chi connectivity index (χ0n) is 9.57. The average molecular weight is 265 g/mol. The SMILES string of the molecule is O=C1CCCC(O)=C1C(=S)Nc1ccc(F)cc1. The summed E-state index contributed by atoms with van der Waals surface area (Å²) in [4.78, 5) is 11.9. The van der Waals surface area contributed by atoms with Gasteiger partial charge in [0.05, 0.1) is 5.57 Å². The molecule has 2 rings (SSSR count). The largest absolute Gasteiger partial charge is 0.511 e. The van der Waals surface area contributed by atoms with E-state index < -0.39 is 0 Å². The number of ketones is 1. The van der Waals surface area contributed by atoms with Gasteiger partial charge in [-0.1, -0.05) is 12.2 Å². The summed E-state index contributed by atoms with van der Waals surface area (Å²) in [5, 5.41) is 12.5. The van der Waals surface area contributed by atoms with E-state index >= 15 is 0 Å². The van der Waals surface area contributed by atoms with Crippen LogP contribution in [0.3, 0.4) is 0 Å². The smallest absolute Gasteiger partial charge is 0.169 e. The van der Waals surface area contributed by atoms with E-state index in [1.165, 1.54) is 24.3 Å². The van der Waals surface area contributed by atoms with Gasteiger partial charge in [0.1, 0.15) is 16.6 Å². The first kappa shape index (κ1) is 12.7. The number of carbonyl (C=O) groups excluding carboxylic acids is 1. The minimum atomic E-state index is -0.345. The topological polar surface area (TPSA) is 49.3 Å². The van der Waals surface area contributed by atoms with Gasteiger partial charge in [-0.25, -0.2) is 4.39 Å². The Hall–Kier alpha value is -1.75. The molecule has 0 spiro atoms. The van der Waals surface area contributed by atoms with Gasteiger partial charge in [-0.05, 0) is 30.7 Å². The van der Waals surface area contributed by atoms with Crippen LogP contribution in [0.25, 0.3) is 0 Å². The molecule has 0 aliphatic heterocycles. The lowest BCUT2D eigenvalue weighted by Crippen LogP contribution is -2.23. The van der Waals surface area contributed by atoms with Gasteiger partial charge in [0.2, 0.25) is 0 Å². The molecule has 3 nitrogen and oxygen atoms in total. The molecular formula is C13H12FNO2S. The van der Waals surface area contributed by atoms with Crippen LogP contribution in [0, 0.1) is 5.82 Å². The Kier molecular flexibility index (Phi) is 3.72. The molecule has 0 amide bonds. The van der Waals surface area contributed by atoms with E-state index in [0.29, 0.717) is 24.9 Å². The van der Waals surface area contributed by atoms with Crippen LogP contribution in [-0.4, -0.2) is 15.9 Å². The number of rotatable bonds is 2. The van der Waals surface area contributed by atoms with Crippen molar-refractivity contribution in [1.82, 2.24) is 0 Å². The molecule has 0 atom stereocenters. The van der Waals surface area contributed by atoms with E-state index in [1.807, 2.05) is 0 Å². The first-order valence-electron chi connectivity index (χ1n) is 5.60. The number of hydrogen-bond acceptors (Lipinski definition) is 3. The number of aliphatic hydroxyl groups is 1. The minimum Gasteiger partial charge on any atom is -0.511 e. The van der Waals surface area contributed by atoms with Crippen LogP contribution in [0.2, 0.25) is 0 Å². The number of anilines is 1. The molecule has 18 heavy (non-hydrogen) atoms. The Balaban J connectivity index is 2.17. The molecule has 1 aliphatic rings. The predicted octanol–water partition coefficient (Wildman–Crippen LogP) is 3.13. The molecule has 0 heterocycles. The van der Waals surface area contributed by atoms with Crippen molar-refractivity contribution >= 4 is 28.7 Å². The summed E-state index contributed by atoms with van der Waals surface area (Å²) < 4.78 is 12.7. The summed E-state index contributed by atoms with van der Waals surface area (Å²) in [6.07, 6.45) is 1.50. The van der Waals surface area contributed by atoms with Gasteiger partial charge in [0, 0.05) is 18.5 Å².